The lowest BCUT2D eigenvalue weighted by atomic mass is 10.0. The van der Waals surface area contributed by atoms with Gasteiger partial charge in [-0.05, 0) is 48.5 Å². The molecule has 1 aliphatic heterocycles. The van der Waals surface area contributed by atoms with Gasteiger partial charge >= 0.3 is 0 Å². The van der Waals surface area contributed by atoms with Crippen molar-refractivity contribution in [1.29, 1.82) is 0 Å². The van der Waals surface area contributed by atoms with Crippen molar-refractivity contribution in [2.24, 2.45) is 0 Å². The van der Waals surface area contributed by atoms with Crippen molar-refractivity contribution in [2.45, 2.75) is 21.9 Å². The number of likely N-dealkylation sites (N-methyl/N-ethyl adjacent to an activating group) is 1. The molecule has 0 atom stereocenters. The summed E-state index contributed by atoms with van der Waals surface area (Å²) in [5.41, 5.74) is 2.34. The van der Waals surface area contributed by atoms with Crippen LogP contribution < -0.4 is 0 Å². The largest absolute Gasteiger partial charge is 0.504 e. The zero-order chi connectivity index (χ0) is 14.1. The highest BCUT2D eigenvalue weighted by Gasteiger charge is 2.21. The van der Waals surface area contributed by atoms with Crippen LogP contribution in [0.3, 0.4) is 0 Å². The number of hydrogen-bond acceptors (Lipinski definition) is 5. The fourth-order valence-electron chi connectivity index (χ4n) is 2.48. The van der Waals surface area contributed by atoms with Crippen molar-refractivity contribution in [3.8, 4) is 11.5 Å². The number of thiophene rings is 1. The minimum absolute atomic E-state index is 0.00707. The Kier molecular flexibility index (Phi) is 3.92. The van der Waals surface area contributed by atoms with Gasteiger partial charge in [-0.25, -0.2) is 0 Å². The zero-order valence-corrected chi connectivity index (χ0v) is 12.9. The van der Waals surface area contributed by atoms with Crippen LogP contribution in [0.25, 0.3) is 0 Å². The summed E-state index contributed by atoms with van der Waals surface area (Å²) in [6, 6.07) is 5.76. The third-order valence-corrected chi connectivity index (χ3v) is 5.82. The van der Waals surface area contributed by atoms with Crippen molar-refractivity contribution < 1.29 is 10.2 Å². The minimum atomic E-state index is -0.00707. The lowest BCUT2D eigenvalue weighted by Gasteiger charge is -2.14. The van der Waals surface area contributed by atoms with E-state index in [1.165, 1.54) is 5.56 Å². The standard InChI is InChI=1S/C15H17NO2S2/c1-16-6-4-10-9-12(17)14(18)15(11(10)5-7-16)20-13-3-2-8-19-13/h2-3,8-9,17-18H,4-7H2,1H3. The van der Waals surface area contributed by atoms with E-state index < -0.39 is 0 Å². The Morgan fingerprint density at radius 3 is 2.80 bits per heavy atom. The van der Waals surface area contributed by atoms with E-state index in [0.29, 0.717) is 0 Å². The van der Waals surface area contributed by atoms with Gasteiger partial charge in [-0.1, -0.05) is 17.8 Å². The molecule has 0 bridgehead atoms. The predicted molar refractivity (Wildman–Crippen MR) is 83.1 cm³/mol. The number of phenolic OH excluding ortho intramolecular Hbond substituents is 2. The van der Waals surface area contributed by atoms with Crippen LogP contribution in [0.15, 0.2) is 32.7 Å². The van der Waals surface area contributed by atoms with Crippen LogP contribution in [0.1, 0.15) is 11.1 Å². The highest BCUT2D eigenvalue weighted by molar-refractivity contribution is 8.01. The van der Waals surface area contributed by atoms with E-state index in [9.17, 15) is 10.2 Å². The molecule has 3 rings (SSSR count). The predicted octanol–water partition coefficient (Wildman–Crippen LogP) is 3.34. The third kappa shape index (κ3) is 2.66. The van der Waals surface area contributed by atoms with Gasteiger partial charge in [0, 0.05) is 13.1 Å². The summed E-state index contributed by atoms with van der Waals surface area (Å²) < 4.78 is 1.13. The first-order valence-electron chi connectivity index (χ1n) is 6.61. The Labute approximate surface area is 126 Å². The highest BCUT2D eigenvalue weighted by atomic mass is 32.2. The van der Waals surface area contributed by atoms with Crippen LogP contribution in [0.4, 0.5) is 0 Å². The maximum absolute atomic E-state index is 10.2. The molecular weight excluding hydrogens is 290 g/mol. The fourth-order valence-corrected chi connectivity index (χ4v) is 4.44. The van der Waals surface area contributed by atoms with Crippen LogP contribution >= 0.6 is 23.1 Å². The summed E-state index contributed by atoms with van der Waals surface area (Å²) in [4.78, 5) is 3.10. The van der Waals surface area contributed by atoms with Gasteiger partial charge in [0.05, 0.1) is 9.10 Å². The van der Waals surface area contributed by atoms with E-state index in [1.54, 1.807) is 29.2 Å². The molecule has 0 aliphatic carbocycles. The molecule has 0 fully saturated rings. The van der Waals surface area contributed by atoms with Crippen molar-refractivity contribution >= 4 is 23.1 Å². The molecule has 3 nitrogen and oxygen atoms in total. The van der Waals surface area contributed by atoms with Gasteiger partial charge in [0.15, 0.2) is 11.5 Å². The lowest BCUT2D eigenvalue weighted by Crippen LogP contribution is -2.20. The number of nitrogens with zero attached hydrogens (tertiary/aromatic N) is 1. The van der Waals surface area contributed by atoms with Gasteiger partial charge < -0.3 is 15.1 Å². The molecule has 20 heavy (non-hydrogen) atoms. The molecule has 2 aromatic rings. The number of hydrogen-bond donors (Lipinski definition) is 2. The normalized spacial score (nSPS) is 15.8. The van der Waals surface area contributed by atoms with Crippen molar-refractivity contribution in [2.75, 3.05) is 20.1 Å². The Balaban J connectivity index is 2.05. The second-order valence-corrected chi connectivity index (χ2v) is 7.31. The number of aromatic hydroxyl groups is 2. The Morgan fingerprint density at radius 2 is 2.05 bits per heavy atom. The van der Waals surface area contributed by atoms with Crippen molar-refractivity contribution in [3.05, 3.63) is 34.7 Å². The van der Waals surface area contributed by atoms with Gasteiger partial charge in [0.1, 0.15) is 0 Å². The lowest BCUT2D eigenvalue weighted by molar-refractivity contribution is 0.352. The average molecular weight is 307 g/mol. The maximum Gasteiger partial charge on any atom is 0.172 e. The number of rotatable bonds is 2. The molecule has 0 amide bonds. The van der Waals surface area contributed by atoms with E-state index in [1.807, 2.05) is 17.5 Å². The molecule has 2 heterocycles. The Bertz CT molecular complexity index is 611. The van der Waals surface area contributed by atoms with Gasteiger partial charge in [-0.3, -0.25) is 0 Å². The molecule has 1 aromatic carbocycles. The minimum Gasteiger partial charge on any atom is -0.504 e. The van der Waals surface area contributed by atoms with E-state index >= 15 is 0 Å². The summed E-state index contributed by atoms with van der Waals surface area (Å²) in [6.07, 6.45) is 1.82. The average Bonchev–Trinajstić information content (AvgIpc) is 2.87. The summed E-state index contributed by atoms with van der Waals surface area (Å²) in [5.74, 6) is 0.0130. The molecule has 0 spiro atoms. The number of phenols is 2. The zero-order valence-electron chi connectivity index (χ0n) is 11.3. The summed E-state index contributed by atoms with van der Waals surface area (Å²) in [7, 11) is 2.11. The second-order valence-electron chi connectivity index (χ2n) is 5.05. The first-order chi connectivity index (χ1) is 9.65. The first-order valence-corrected chi connectivity index (χ1v) is 8.31. The molecule has 0 saturated heterocycles. The topological polar surface area (TPSA) is 43.7 Å². The molecule has 0 unspecified atom stereocenters. The van der Waals surface area contributed by atoms with Crippen LogP contribution in [0.5, 0.6) is 11.5 Å². The molecule has 106 valence electrons. The van der Waals surface area contributed by atoms with Crippen molar-refractivity contribution in [3.63, 3.8) is 0 Å². The van der Waals surface area contributed by atoms with Crippen molar-refractivity contribution in [1.82, 2.24) is 4.90 Å². The van der Waals surface area contributed by atoms with Crippen LogP contribution in [0, 0.1) is 0 Å². The summed E-state index contributed by atoms with van der Waals surface area (Å²) in [5, 5.41) is 22.2. The molecule has 1 aromatic heterocycles. The Hall–Kier alpha value is -1.17. The smallest absolute Gasteiger partial charge is 0.172 e. The van der Waals surface area contributed by atoms with Gasteiger partial charge in [0.2, 0.25) is 0 Å². The molecule has 5 heteroatoms. The fraction of sp³-hybridized carbons (Fsp3) is 0.333. The highest BCUT2D eigenvalue weighted by Crippen LogP contribution is 2.45. The first kappa shape index (κ1) is 13.8. The molecular formula is C15H17NO2S2. The van der Waals surface area contributed by atoms with E-state index in [-0.39, 0.29) is 11.5 Å². The third-order valence-electron chi connectivity index (χ3n) is 3.63. The second kappa shape index (κ2) is 5.68. The van der Waals surface area contributed by atoms with E-state index in [0.717, 1.165) is 40.6 Å². The van der Waals surface area contributed by atoms with E-state index in [2.05, 4.69) is 11.9 Å². The van der Waals surface area contributed by atoms with Gasteiger partial charge in [-0.2, -0.15) is 0 Å². The van der Waals surface area contributed by atoms with E-state index in [4.69, 9.17) is 0 Å². The van der Waals surface area contributed by atoms with Crippen LogP contribution in [-0.4, -0.2) is 35.3 Å². The quantitative estimate of drug-likeness (QED) is 0.835. The van der Waals surface area contributed by atoms with Gasteiger partial charge in [0.25, 0.3) is 0 Å². The summed E-state index contributed by atoms with van der Waals surface area (Å²) >= 11 is 3.20. The maximum atomic E-state index is 10.2. The molecule has 0 saturated carbocycles. The summed E-state index contributed by atoms with van der Waals surface area (Å²) in [6.45, 7) is 1.97. The molecule has 1 aliphatic rings. The van der Waals surface area contributed by atoms with Gasteiger partial charge in [-0.15, -0.1) is 11.3 Å². The monoisotopic (exact) mass is 307 g/mol. The van der Waals surface area contributed by atoms with Crippen LogP contribution in [0.2, 0.25) is 0 Å². The number of benzene rings is 1. The SMILES string of the molecule is CN1CCc2cc(O)c(O)c(Sc3cccs3)c2CC1. The Morgan fingerprint density at radius 1 is 1.25 bits per heavy atom. The number of fused-ring (bicyclic) bond motifs is 1. The molecule has 0 radical (unpaired) electrons. The van der Waals surface area contributed by atoms with Crippen LogP contribution in [-0.2, 0) is 12.8 Å². The molecule has 2 N–H and O–H groups in total.